The monoisotopic (exact) mass is 398 g/mol. The van der Waals surface area contributed by atoms with Crippen LogP contribution >= 0.6 is 0 Å². The minimum atomic E-state index is -1.11. The Balaban J connectivity index is 1.61. The maximum absolute atomic E-state index is 13.1. The quantitative estimate of drug-likeness (QED) is 0.751. The topological polar surface area (TPSA) is 86.7 Å². The number of aliphatic carboxylic acids is 1. The van der Waals surface area contributed by atoms with E-state index in [2.05, 4.69) is 5.32 Å². The van der Waals surface area contributed by atoms with E-state index < -0.39 is 23.6 Å². The molecule has 29 heavy (non-hydrogen) atoms. The summed E-state index contributed by atoms with van der Waals surface area (Å²) in [5.41, 5.74) is 1.39. The highest BCUT2D eigenvalue weighted by molar-refractivity contribution is 5.90. The Labute approximate surface area is 168 Å². The fourth-order valence-electron chi connectivity index (χ4n) is 3.58. The van der Waals surface area contributed by atoms with Crippen molar-refractivity contribution in [1.82, 2.24) is 10.2 Å². The van der Waals surface area contributed by atoms with Crippen LogP contribution in [-0.4, -0.2) is 40.9 Å². The van der Waals surface area contributed by atoms with E-state index in [9.17, 15) is 23.9 Å². The van der Waals surface area contributed by atoms with Crippen LogP contribution < -0.4 is 5.32 Å². The molecule has 1 heterocycles. The van der Waals surface area contributed by atoms with Crippen molar-refractivity contribution in [2.75, 3.05) is 13.1 Å². The first-order valence-electron chi connectivity index (χ1n) is 9.47. The van der Waals surface area contributed by atoms with Crippen LogP contribution in [0.15, 0.2) is 54.6 Å². The van der Waals surface area contributed by atoms with Gasteiger partial charge in [0.2, 0.25) is 11.8 Å². The number of nitrogens with zero attached hydrogens (tertiary/aromatic N) is 1. The molecular weight excluding hydrogens is 375 g/mol. The van der Waals surface area contributed by atoms with Crippen molar-refractivity contribution in [3.05, 3.63) is 71.5 Å². The van der Waals surface area contributed by atoms with Gasteiger partial charge in [0, 0.05) is 19.5 Å². The number of nitrogens with one attached hydrogen (secondary N) is 1. The molecular formula is C22H23FN2O4. The Morgan fingerprint density at radius 2 is 1.79 bits per heavy atom. The third kappa shape index (κ3) is 4.80. The SMILES string of the molecule is CC(c1ccccc1)N1CC(C(=O)NCC(C(=O)O)c2ccc(F)cc2)CC1=O. The number of hydrogen-bond donors (Lipinski definition) is 2. The molecule has 2 amide bonds. The zero-order valence-electron chi connectivity index (χ0n) is 16.0. The average molecular weight is 398 g/mol. The van der Waals surface area contributed by atoms with E-state index in [1.54, 1.807) is 4.90 Å². The van der Waals surface area contributed by atoms with E-state index in [0.717, 1.165) is 5.56 Å². The molecule has 2 aromatic rings. The molecule has 0 bridgehead atoms. The maximum atomic E-state index is 13.1. The molecule has 6 nitrogen and oxygen atoms in total. The summed E-state index contributed by atoms with van der Waals surface area (Å²) in [6, 6.07) is 14.6. The van der Waals surface area contributed by atoms with Crippen LogP contribution in [0.4, 0.5) is 4.39 Å². The fourth-order valence-corrected chi connectivity index (χ4v) is 3.58. The van der Waals surface area contributed by atoms with Gasteiger partial charge in [-0.25, -0.2) is 4.39 Å². The van der Waals surface area contributed by atoms with Crippen molar-refractivity contribution in [3.8, 4) is 0 Å². The fraction of sp³-hybridized carbons (Fsp3) is 0.318. The Hall–Kier alpha value is -3.22. The number of hydrogen-bond acceptors (Lipinski definition) is 3. The van der Waals surface area contributed by atoms with E-state index in [-0.39, 0.29) is 37.4 Å². The lowest BCUT2D eigenvalue weighted by Gasteiger charge is -2.25. The first-order valence-corrected chi connectivity index (χ1v) is 9.47. The highest BCUT2D eigenvalue weighted by atomic mass is 19.1. The third-order valence-electron chi connectivity index (χ3n) is 5.33. The first-order chi connectivity index (χ1) is 13.9. The molecule has 1 aliphatic heterocycles. The predicted octanol–water partition coefficient (Wildman–Crippen LogP) is 2.72. The van der Waals surface area contributed by atoms with E-state index in [4.69, 9.17) is 0 Å². The van der Waals surface area contributed by atoms with Gasteiger partial charge >= 0.3 is 5.97 Å². The summed E-state index contributed by atoms with van der Waals surface area (Å²) in [5, 5.41) is 12.1. The van der Waals surface area contributed by atoms with Gasteiger partial charge in [-0.3, -0.25) is 14.4 Å². The standard InChI is InChI=1S/C22H23FN2O4/c1-14(15-5-3-2-4-6-15)25-13-17(11-20(25)26)21(27)24-12-19(22(28)29)16-7-9-18(23)10-8-16/h2-10,14,17,19H,11-13H2,1H3,(H,24,27)(H,28,29). The van der Waals surface area contributed by atoms with Crippen LogP contribution in [-0.2, 0) is 14.4 Å². The molecule has 3 unspecified atom stereocenters. The van der Waals surface area contributed by atoms with Gasteiger partial charge in [-0.15, -0.1) is 0 Å². The van der Waals surface area contributed by atoms with Crippen molar-refractivity contribution in [2.24, 2.45) is 5.92 Å². The number of likely N-dealkylation sites (tertiary alicyclic amines) is 1. The zero-order valence-corrected chi connectivity index (χ0v) is 16.0. The minimum Gasteiger partial charge on any atom is -0.481 e. The van der Waals surface area contributed by atoms with E-state index in [1.807, 2.05) is 37.3 Å². The van der Waals surface area contributed by atoms with Gasteiger partial charge in [-0.2, -0.15) is 0 Å². The molecule has 3 atom stereocenters. The van der Waals surface area contributed by atoms with Crippen molar-refractivity contribution in [3.63, 3.8) is 0 Å². The van der Waals surface area contributed by atoms with Gasteiger partial charge in [0.05, 0.1) is 17.9 Å². The molecule has 2 N–H and O–H groups in total. The predicted molar refractivity (Wildman–Crippen MR) is 104 cm³/mol. The molecule has 0 spiro atoms. The van der Waals surface area contributed by atoms with E-state index >= 15 is 0 Å². The smallest absolute Gasteiger partial charge is 0.312 e. The van der Waals surface area contributed by atoms with Crippen LogP contribution in [0.2, 0.25) is 0 Å². The molecule has 3 rings (SSSR count). The number of carboxylic acid groups (broad SMARTS) is 1. The second-order valence-corrected chi connectivity index (χ2v) is 7.22. The summed E-state index contributed by atoms with van der Waals surface area (Å²) in [6.07, 6.45) is 0.0945. The van der Waals surface area contributed by atoms with Gasteiger partial charge in [0.1, 0.15) is 5.82 Å². The molecule has 0 aliphatic carbocycles. The maximum Gasteiger partial charge on any atom is 0.312 e. The van der Waals surface area contributed by atoms with E-state index in [1.165, 1.54) is 24.3 Å². The second kappa shape index (κ2) is 8.86. The summed E-state index contributed by atoms with van der Waals surface area (Å²) in [6.45, 7) is 2.08. The number of benzene rings is 2. The van der Waals surface area contributed by atoms with Gasteiger partial charge < -0.3 is 15.3 Å². The molecule has 0 aromatic heterocycles. The van der Waals surface area contributed by atoms with Gasteiger partial charge in [0.25, 0.3) is 0 Å². The molecule has 2 aromatic carbocycles. The van der Waals surface area contributed by atoms with Crippen LogP contribution in [0.5, 0.6) is 0 Å². The van der Waals surface area contributed by atoms with Crippen LogP contribution in [0, 0.1) is 11.7 Å². The third-order valence-corrected chi connectivity index (χ3v) is 5.33. The molecule has 1 fully saturated rings. The zero-order chi connectivity index (χ0) is 21.0. The van der Waals surface area contributed by atoms with Gasteiger partial charge in [-0.1, -0.05) is 42.5 Å². The lowest BCUT2D eigenvalue weighted by molar-refractivity contribution is -0.139. The lowest BCUT2D eigenvalue weighted by atomic mass is 9.98. The molecule has 1 aliphatic rings. The van der Waals surface area contributed by atoms with Gasteiger partial charge in [-0.05, 0) is 30.2 Å². The second-order valence-electron chi connectivity index (χ2n) is 7.22. The van der Waals surface area contributed by atoms with Crippen LogP contribution in [0.1, 0.15) is 36.4 Å². The summed E-state index contributed by atoms with van der Waals surface area (Å²) in [5.74, 6) is -3.55. The highest BCUT2D eigenvalue weighted by Gasteiger charge is 2.37. The van der Waals surface area contributed by atoms with Crippen molar-refractivity contribution < 1.29 is 23.9 Å². The molecule has 0 saturated carbocycles. The Morgan fingerprint density at radius 1 is 1.14 bits per heavy atom. The Kier molecular flexibility index (Phi) is 6.26. The Morgan fingerprint density at radius 3 is 2.41 bits per heavy atom. The number of halogens is 1. The molecule has 152 valence electrons. The minimum absolute atomic E-state index is 0.0945. The molecule has 7 heteroatoms. The average Bonchev–Trinajstić information content (AvgIpc) is 3.11. The van der Waals surface area contributed by atoms with Crippen molar-refractivity contribution >= 4 is 17.8 Å². The normalized spacial score (nSPS) is 18.3. The summed E-state index contributed by atoms with van der Waals surface area (Å²) in [7, 11) is 0. The lowest BCUT2D eigenvalue weighted by Crippen LogP contribution is -2.37. The van der Waals surface area contributed by atoms with E-state index in [0.29, 0.717) is 5.56 Å². The number of carboxylic acids is 1. The van der Waals surface area contributed by atoms with Crippen molar-refractivity contribution in [2.45, 2.75) is 25.3 Å². The largest absolute Gasteiger partial charge is 0.481 e. The first kappa shape index (κ1) is 20.5. The number of rotatable bonds is 7. The number of carbonyl (C=O) groups is 3. The molecule has 1 saturated heterocycles. The number of carbonyl (C=O) groups excluding carboxylic acids is 2. The van der Waals surface area contributed by atoms with Crippen LogP contribution in [0.25, 0.3) is 0 Å². The number of amides is 2. The summed E-state index contributed by atoms with van der Waals surface area (Å²) >= 11 is 0. The summed E-state index contributed by atoms with van der Waals surface area (Å²) < 4.78 is 13.1. The Bertz CT molecular complexity index is 885. The molecule has 0 radical (unpaired) electrons. The summed E-state index contributed by atoms with van der Waals surface area (Å²) in [4.78, 5) is 38.2. The highest BCUT2D eigenvalue weighted by Crippen LogP contribution is 2.28. The van der Waals surface area contributed by atoms with Gasteiger partial charge in [0.15, 0.2) is 0 Å². The van der Waals surface area contributed by atoms with Crippen LogP contribution in [0.3, 0.4) is 0 Å². The van der Waals surface area contributed by atoms with Crippen molar-refractivity contribution in [1.29, 1.82) is 0 Å².